The minimum atomic E-state index is -0.884. The first-order valence-corrected chi connectivity index (χ1v) is 18.4. The van der Waals surface area contributed by atoms with Crippen LogP contribution in [0.4, 0.5) is 0 Å². The van der Waals surface area contributed by atoms with Crippen molar-refractivity contribution in [1.82, 2.24) is 5.32 Å². The van der Waals surface area contributed by atoms with Crippen LogP contribution in [-0.4, -0.2) is 34.4 Å². The molecule has 0 aliphatic heterocycles. The molecule has 4 nitrogen and oxygen atoms in total. The number of carbonyl (C=O) groups excluding carboxylic acids is 1. The van der Waals surface area contributed by atoms with E-state index in [1.54, 1.807) is 0 Å². The molecule has 3 N–H and O–H groups in total. The van der Waals surface area contributed by atoms with Gasteiger partial charge in [0.15, 0.2) is 0 Å². The molecule has 0 saturated heterocycles. The van der Waals surface area contributed by atoms with Crippen molar-refractivity contribution in [3.63, 3.8) is 0 Å². The Kier molecular flexibility index (Phi) is 31.4. The Labute approximate surface area is 256 Å². The SMILES string of the molecule is CCCCCCCC/C=C/CCCCCCCC(=O)N[C@@H](CC)[C@H](O)[C@H](O)CCCCCCCCCCCCCC. The Morgan fingerprint density at radius 1 is 0.561 bits per heavy atom. The minimum absolute atomic E-state index is 0.00564. The maximum absolute atomic E-state index is 12.4. The van der Waals surface area contributed by atoms with Crippen molar-refractivity contribution >= 4 is 5.91 Å². The van der Waals surface area contributed by atoms with E-state index < -0.39 is 12.2 Å². The zero-order valence-electron chi connectivity index (χ0n) is 28.0. The first-order valence-electron chi connectivity index (χ1n) is 18.4. The summed E-state index contributed by atoms with van der Waals surface area (Å²) in [5.41, 5.74) is 0. The van der Waals surface area contributed by atoms with Crippen molar-refractivity contribution in [1.29, 1.82) is 0 Å². The van der Waals surface area contributed by atoms with Gasteiger partial charge >= 0.3 is 0 Å². The van der Waals surface area contributed by atoms with Gasteiger partial charge in [-0.1, -0.05) is 161 Å². The van der Waals surface area contributed by atoms with Gasteiger partial charge in [-0.2, -0.15) is 0 Å². The number of rotatable bonds is 32. The van der Waals surface area contributed by atoms with Crippen LogP contribution in [0.25, 0.3) is 0 Å². The van der Waals surface area contributed by atoms with Gasteiger partial charge in [0.25, 0.3) is 0 Å². The molecule has 0 saturated carbocycles. The summed E-state index contributed by atoms with van der Waals surface area (Å²) in [6, 6.07) is -0.363. The molecule has 0 fully saturated rings. The Morgan fingerprint density at radius 2 is 0.951 bits per heavy atom. The van der Waals surface area contributed by atoms with Gasteiger partial charge in [-0.25, -0.2) is 0 Å². The number of amides is 1. The van der Waals surface area contributed by atoms with Crippen LogP contribution in [0.3, 0.4) is 0 Å². The molecular weight excluding hydrogens is 506 g/mol. The Bertz CT molecular complexity index is 564. The summed E-state index contributed by atoms with van der Waals surface area (Å²) in [4.78, 5) is 12.4. The van der Waals surface area contributed by atoms with Crippen molar-refractivity contribution in [2.45, 2.75) is 219 Å². The second-order valence-electron chi connectivity index (χ2n) is 12.7. The molecule has 4 heteroatoms. The zero-order chi connectivity index (χ0) is 30.2. The van der Waals surface area contributed by atoms with Gasteiger partial charge < -0.3 is 15.5 Å². The van der Waals surface area contributed by atoms with E-state index in [-0.39, 0.29) is 11.9 Å². The van der Waals surface area contributed by atoms with E-state index >= 15 is 0 Å². The predicted molar refractivity (Wildman–Crippen MR) is 179 cm³/mol. The molecule has 1 amide bonds. The molecule has 0 radical (unpaired) electrons. The van der Waals surface area contributed by atoms with Gasteiger partial charge in [0, 0.05) is 6.42 Å². The van der Waals surface area contributed by atoms with Crippen LogP contribution in [0, 0.1) is 0 Å². The fourth-order valence-corrected chi connectivity index (χ4v) is 5.70. The molecule has 0 aromatic rings. The monoisotopic (exact) mass is 580 g/mol. The smallest absolute Gasteiger partial charge is 0.220 e. The van der Waals surface area contributed by atoms with Crippen molar-refractivity contribution < 1.29 is 15.0 Å². The van der Waals surface area contributed by atoms with Gasteiger partial charge in [0.1, 0.15) is 0 Å². The minimum Gasteiger partial charge on any atom is -0.390 e. The van der Waals surface area contributed by atoms with Crippen LogP contribution < -0.4 is 5.32 Å². The summed E-state index contributed by atoms with van der Waals surface area (Å²) < 4.78 is 0. The summed E-state index contributed by atoms with van der Waals surface area (Å²) >= 11 is 0. The molecular formula is C37H73NO3. The van der Waals surface area contributed by atoms with E-state index in [9.17, 15) is 15.0 Å². The summed E-state index contributed by atoms with van der Waals surface area (Å²) in [5.74, 6) is 0.00564. The number of hydrogen-bond acceptors (Lipinski definition) is 3. The number of carbonyl (C=O) groups is 1. The van der Waals surface area contributed by atoms with Gasteiger partial charge in [0.2, 0.25) is 5.91 Å². The highest BCUT2D eigenvalue weighted by atomic mass is 16.3. The third kappa shape index (κ3) is 27.7. The molecule has 0 rings (SSSR count). The second kappa shape index (κ2) is 32.1. The van der Waals surface area contributed by atoms with E-state index in [1.807, 2.05) is 6.92 Å². The van der Waals surface area contributed by atoms with Crippen LogP contribution in [-0.2, 0) is 4.79 Å². The van der Waals surface area contributed by atoms with E-state index in [4.69, 9.17) is 0 Å². The van der Waals surface area contributed by atoms with Crippen molar-refractivity contribution in [3.8, 4) is 0 Å². The lowest BCUT2D eigenvalue weighted by molar-refractivity contribution is -0.123. The number of allylic oxidation sites excluding steroid dienone is 2. The van der Waals surface area contributed by atoms with Crippen LogP contribution in [0.5, 0.6) is 0 Å². The molecule has 0 spiro atoms. The number of unbranched alkanes of at least 4 members (excludes halogenated alkanes) is 22. The highest BCUT2D eigenvalue weighted by Gasteiger charge is 2.25. The van der Waals surface area contributed by atoms with Gasteiger partial charge in [-0.15, -0.1) is 0 Å². The summed E-state index contributed by atoms with van der Waals surface area (Å²) in [7, 11) is 0. The van der Waals surface area contributed by atoms with Crippen molar-refractivity contribution in [2.75, 3.05) is 0 Å². The fraction of sp³-hybridized carbons (Fsp3) is 0.919. The number of aliphatic hydroxyl groups excluding tert-OH is 2. The average Bonchev–Trinajstić information content (AvgIpc) is 2.97. The first kappa shape index (κ1) is 40.1. The van der Waals surface area contributed by atoms with E-state index in [2.05, 4.69) is 31.3 Å². The Balaban J connectivity index is 3.71. The molecule has 0 aliphatic carbocycles. The Morgan fingerprint density at radius 3 is 1.39 bits per heavy atom. The summed E-state index contributed by atoms with van der Waals surface area (Å²) in [5, 5.41) is 24.1. The van der Waals surface area contributed by atoms with Crippen LogP contribution in [0.1, 0.15) is 201 Å². The number of nitrogens with one attached hydrogen (secondary N) is 1. The third-order valence-electron chi connectivity index (χ3n) is 8.61. The number of hydrogen-bond donors (Lipinski definition) is 3. The molecule has 0 aliphatic rings. The van der Waals surface area contributed by atoms with Crippen LogP contribution >= 0.6 is 0 Å². The topological polar surface area (TPSA) is 69.6 Å². The standard InChI is InChI=1S/C37H73NO3/c1-4-7-9-11-13-15-17-19-20-21-23-25-27-29-31-33-36(40)38-34(6-3)37(41)35(39)32-30-28-26-24-22-18-16-14-12-10-8-5-2/h19-20,34-35,37,39,41H,4-18,21-33H2,1-3H3,(H,38,40)/b20-19+/t34-,35+,37-/m0/s1. The molecule has 41 heavy (non-hydrogen) atoms. The zero-order valence-corrected chi connectivity index (χ0v) is 28.0. The van der Waals surface area contributed by atoms with Crippen molar-refractivity contribution in [2.24, 2.45) is 0 Å². The third-order valence-corrected chi connectivity index (χ3v) is 8.61. The fourth-order valence-electron chi connectivity index (χ4n) is 5.70. The van der Waals surface area contributed by atoms with Crippen molar-refractivity contribution in [3.05, 3.63) is 12.2 Å². The lowest BCUT2D eigenvalue weighted by atomic mass is 9.97. The normalized spacial score (nSPS) is 14.0. The average molecular weight is 580 g/mol. The van der Waals surface area contributed by atoms with Crippen LogP contribution in [0.15, 0.2) is 12.2 Å². The molecule has 0 aromatic heterocycles. The van der Waals surface area contributed by atoms with E-state index in [0.717, 1.165) is 25.7 Å². The van der Waals surface area contributed by atoms with Crippen LogP contribution in [0.2, 0.25) is 0 Å². The molecule has 244 valence electrons. The van der Waals surface area contributed by atoms with Gasteiger partial charge in [-0.3, -0.25) is 4.79 Å². The predicted octanol–water partition coefficient (Wildman–Crippen LogP) is 10.7. The molecule has 0 unspecified atom stereocenters. The molecule has 0 heterocycles. The molecule has 0 aromatic carbocycles. The highest BCUT2D eigenvalue weighted by Crippen LogP contribution is 2.16. The number of aliphatic hydroxyl groups is 2. The molecule has 3 atom stereocenters. The quantitative estimate of drug-likeness (QED) is 0.0548. The Hall–Kier alpha value is -0.870. The maximum atomic E-state index is 12.4. The summed E-state index contributed by atoms with van der Waals surface area (Å²) in [6.07, 6.45) is 36.5. The molecule has 0 bridgehead atoms. The second-order valence-corrected chi connectivity index (χ2v) is 12.7. The largest absolute Gasteiger partial charge is 0.390 e. The van der Waals surface area contributed by atoms with E-state index in [1.165, 1.54) is 135 Å². The lowest BCUT2D eigenvalue weighted by Crippen LogP contribution is -2.48. The van der Waals surface area contributed by atoms with E-state index in [0.29, 0.717) is 19.3 Å². The lowest BCUT2D eigenvalue weighted by Gasteiger charge is -2.27. The van der Waals surface area contributed by atoms with Gasteiger partial charge in [0.05, 0.1) is 18.2 Å². The first-order chi connectivity index (χ1) is 20.1. The maximum Gasteiger partial charge on any atom is 0.220 e. The van der Waals surface area contributed by atoms with Gasteiger partial charge in [-0.05, 0) is 44.9 Å². The highest BCUT2D eigenvalue weighted by molar-refractivity contribution is 5.76. The summed E-state index contributed by atoms with van der Waals surface area (Å²) in [6.45, 7) is 6.50.